The monoisotopic (exact) mass is 269 g/mol. The Morgan fingerprint density at radius 3 is 2.58 bits per heavy atom. The van der Waals surface area contributed by atoms with Crippen LogP contribution in [0.25, 0.3) is 0 Å². The molecule has 0 radical (unpaired) electrons. The number of nitrogens with zero attached hydrogens (tertiary/aromatic N) is 2. The molecule has 0 amide bonds. The Morgan fingerprint density at radius 2 is 2.05 bits per heavy atom. The van der Waals surface area contributed by atoms with Gasteiger partial charge in [-0.05, 0) is 26.7 Å². The van der Waals surface area contributed by atoms with Crippen LogP contribution in [0.4, 0.5) is 0 Å². The molecule has 5 heteroatoms. The van der Waals surface area contributed by atoms with Gasteiger partial charge in [-0.1, -0.05) is 13.8 Å². The van der Waals surface area contributed by atoms with Crippen molar-refractivity contribution in [2.24, 2.45) is 5.92 Å². The molecule has 0 aliphatic rings. The van der Waals surface area contributed by atoms with Crippen LogP contribution < -0.4 is 10.1 Å². The number of aliphatic hydroxyl groups excluding tert-OH is 1. The molecule has 0 spiro atoms. The molecule has 5 nitrogen and oxygen atoms in total. The summed E-state index contributed by atoms with van der Waals surface area (Å²) >= 11 is 0. The Hall–Kier alpha value is -1.07. The minimum atomic E-state index is -0.346. The molecule has 1 aromatic heterocycles. The summed E-state index contributed by atoms with van der Waals surface area (Å²) in [5, 5.41) is 17.1. The lowest BCUT2D eigenvalue weighted by atomic mass is 10.2. The van der Waals surface area contributed by atoms with Crippen LogP contribution in [0.5, 0.6) is 5.88 Å². The van der Waals surface area contributed by atoms with Gasteiger partial charge in [0, 0.05) is 19.6 Å². The predicted molar refractivity (Wildman–Crippen MR) is 76.4 cm³/mol. The average molecular weight is 269 g/mol. The molecule has 1 heterocycles. The Morgan fingerprint density at radius 1 is 1.37 bits per heavy atom. The number of aromatic nitrogens is 2. The third-order valence-corrected chi connectivity index (χ3v) is 2.76. The zero-order valence-corrected chi connectivity index (χ0v) is 12.7. The van der Waals surface area contributed by atoms with Gasteiger partial charge in [0.1, 0.15) is 0 Å². The van der Waals surface area contributed by atoms with Gasteiger partial charge in [0.05, 0.1) is 24.0 Å². The minimum Gasteiger partial charge on any atom is -0.478 e. The predicted octanol–water partition coefficient (Wildman–Crippen LogP) is 1.72. The van der Waals surface area contributed by atoms with E-state index in [0.29, 0.717) is 25.6 Å². The lowest BCUT2D eigenvalue weighted by Crippen LogP contribution is -2.24. The molecule has 0 bridgehead atoms. The molecule has 1 unspecified atom stereocenters. The molecular weight excluding hydrogens is 242 g/mol. The highest BCUT2D eigenvalue weighted by molar-refractivity contribution is 5.31. The van der Waals surface area contributed by atoms with E-state index in [2.05, 4.69) is 24.3 Å². The number of nitrogens with one attached hydrogen (secondary N) is 1. The lowest BCUT2D eigenvalue weighted by molar-refractivity contribution is 0.190. The van der Waals surface area contributed by atoms with E-state index in [0.717, 1.165) is 23.7 Å². The maximum Gasteiger partial charge on any atom is 0.216 e. The van der Waals surface area contributed by atoms with E-state index in [4.69, 9.17) is 4.74 Å². The summed E-state index contributed by atoms with van der Waals surface area (Å²) in [6, 6.07) is 0. The van der Waals surface area contributed by atoms with E-state index in [1.807, 2.05) is 18.5 Å². The topological polar surface area (TPSA) is 59.3 Å². The summed E-state index contributed by atoms with van der Waals surface area (Å²) in [6.45, 7) is 12.8. The second-order valence-electron chi connectivity index (χ2n) is 5.36. The van der Waals surface area contributed by atoms with Gasteiger partial charge in [-0.25, -0.2) is 4.68 Å². The van der Waals surface area contributed by atoms with Crippen molar-refractivity contribution in [3.63, 3.8) is 0 Å². The molecule has 0 fully saturated rings. The van der Waals surface area contributed by atoms with E-state index in [9.17, 15) is 5.11 Å². The van der Waals surface area contributed by atoms with E-state index in [1.165, 1.54) is 0 Å². The van der Waals surface area contributed by atoms with E-state index < -0.39 is 0 Å². The maximum absolute atomic E-state index is 9.28. The van der Waals surface area contributed by atoms with E-state index in [-0.39, 0.29) is 6.10 Å². The van der Waals surface area contributed by atoms with Gasteiger partial charge in [-0.2, -0.15) is 5.10 Å². The molecule has 2 N–H and O–H groups in total. The lowest BCUT2D eigenvalue weighted by Gasteiger charge is -2.12. The molecule has 0 saturated carbocycles. The smallest absolute Gasteiger partial charge is 0.216 e. The highest BCUT2D eigenvalue weighted by atomic mass is 16.5. The number of aryl methyl sites for hydroxylation is 1. The van der Waals surface area contributed by atoms with Crippen molar-refractivity contribution in [3.05, 3.63) is 11.3 Å². The molecule has 0 aromatic carbocycles. The van der Waals surface area contributed by atoms with Gasteiger partial charge in [-0.15, -0.1) is 0 Å². The fourth-order valence-corrected chi connectivity index (χ4v) is 1.97. The number of aliphatic hydroxyl groups is 1. The number of hydrogen-bond acceptors (Lipinski definition) is 4. The fourth-order valence-electron chi connectivity index (χ4n) is 1.97. The Bertz CT molecular complexity index is 386. The zero-order valence-electron chi connectivity index (χ0n) is 12.7. The largest absolute Gasteiger partial charge is 0.478 e. The van der Waals surface area contributed by atoms with Gasteiger partial charge in [-0.3, -0.25) is 0 Å². The second kappa shape index (κ2) is 7.50. The van der Waals surface area contributed by atoms with Gasteiger partial charge in [0.15, 0.2) is 0 Å². The van der Waals surface area contributed by atoms with Crippen LogP contribution in [0.1, 0.15) is 39.0 Å². The quantitative estimate of drug-likeness (QED) is 0.754. The number of rotatable bonds is 8. The SMILES string of the molecule is CCOc1c(CNCC(C)O)c(C)nn1CC(C)C. The first-order valence-electron chi connectivity index (χ1n) is 7.03. The summed E-state index contributed by atoms with van der Waals surface area (Å²) in [5.74, 6) is 1.38. The molecule has 110 valence electrons. The first-order valence-corrected chi connectivity index (χ1v) is 7.03. The zero-order chi connectivity index (χ0) is 14.4. The summed E-state index contributed by atoms with van der Waals surface area (Å²) in [7, 11) is 0. The summed E-state index contributed by atoms with van der Waals surface area (Å²) in [4.78, 5) is 0. The van der Waals surface area contributed by atoms with Crippen molar-refractivity contribution in [2.45, 2.75) is 53.8 Å². The third-order valence-electron chi connectivity index (χ3n) is 2.76. The van der Waals surface area contributed by atoms with Crippen molar-refractivity contribution in [1.29, 1.82) is 0 Å². The van der Waals surface area contributed by atoms with Gasteiger partial charge in [0.25, 0.3) is 0 Å². The Balaban J connectivity index is 2.84. The Kier molecular flexibility index (Phi) is 6.31. The molecular formula is C14H27N3O2. The highest BCUT2D eigenvalue weighted by Gasteiger charge is 2.16. The number of ether oxygens (including phenoxy) is 1. The third kappa shape index (κ3) is 4.84. The first kappa shape index (κ1) is 16.0. The van der Waals surface area contributed by atoms with Crippen LogP contribution in [-0.4, -0.2) is 34.1 Å². The summed E-state index contributed by atoms with van der Waals surface area (Å²) < 4.78 is 7.69. The summed E-state index contributed by atoms with van der Waals surface area (Å²) in [5.41, 5.74) is 2.07. The molecule has 1 aromatic rings. The van der Waals surface area contributed by atoms with Gasteiger partial charge < -0.3 is 15.2 Å². The first-order chi connectivity index (χ1) is 8.95. The van der Waals surface area contributed by atoms with Gasteiger partial charge >= 0.3 is 0 Å². The molecule has 0 aliphatic heterocycles. The standard InChI is InChI=1S/C14H27N3O2/c1-6-19-14-13(8-15-7-11(4)18)12(5)16-17(14)9-10(2)3/h10-11,15,18H,6-9H2,1-5H3. The van der Waals surface area contributed by atoms with Crippen molar-refractivity contribution in [3.8, 4) is 5.88 Å². The van der Waals surface area contributed by atoms with E-state index in [1.54, 1.807) is 6.92 Å². The van der Waals surface area contributed by atoms with Crippen molar-refractivity contribution >= 4 is 0 Å². The Labute approximate surface area is 116 Å². The van der Waals surface area contributed by atoms with Crippen molar-refractivity contribution < 1.29 is 9.84 Å². The average Bonchev–Trinajstić information content (AvgIpc) is 2.56. The van der Waals surface area contributed by atoms with Crippen molar-refractivity contribution in [2.75, 3.05) is 13.2 Å². The van der Waals surface area contributed by atoms with Crippen LogP contribution in [0.3, 0.4) is 0 Å². The molecule has 0 aliphatic carbocycles. The maximum atomic E-state index is 9.28. The van der Waals surface area contributed by atoms with Crippen molar-refractivity contribution in [1.82, 2.24) is 15.1 Å². The number of hydrogen-bond donors (Lipinski definition) is 2. The van der Waals surface area contributed by atoms with Gasteiger partial charge in [0.2, 0.25) is 5.88 Å². The van der Waals surface area contributed by atoms with Crippen LogP contribution in [0.2, 0.25) is 0 Å². The molecule has 1 atom stereocenters. The van der Waals surface area contributed by atoms with E-state index >= 15 is 0 Å². The van der Waals surface area contributed by atoms with Crippen LogP contribution in [-0.2, 0) is 13.1 Å². The van der Waals surface area contributed by atoms with Crippen LogP contribution in [0, 0.1) is 12.8 Å². The minimum absolute atomic E-state index is 0.346. The molecule has 0 saturated heterocycles. The molecule has 19 heavy (non-hydrogen) atoms. The highest BCUT2D eigenvalue weighted by Crippen LogP contribution is 2.23. The van der Waals surface area contributed by atoms with Crippen LogP contribution >= 0.6 is 0 Å². The normalized spacial score (nSPS) is 13.0. The summed E-state index contributed by atoms with van der Waals surface area (Å²) in [6.07, 6.45) is -0.346. The molecule has 1 rings (SSSR count). The van der Waals surface area contributed by atoms with Crippen LogP contribution in [0.15, 0.2) is 0 Å². The second-order valence-corrected chi connectivity index (χ2v) is 5.36. The fraction of sp³-hybridized carbons (Fsp3) is 0.786.